The zero-order valence-corrected chi connectivity index (χ0v) is 12.4. The van der Waals surface area contributed by atoms with Gasteiger partial charge in [-0.15, -0.1) is 0 Å². The molecule has 0 heterocycles. The van der Waals surface area contributed by atoms with Gasteiger partial charge in [-0.25, -0.2) is 0 Å². The van der Waals surface area contributed by atoms with E-state index in [1.807, 2.05) is 0 Å². The van der Waals surface area contributed by atoms with Gasteiger partial charge in [-0.3, -0.25) is 0 Å². The molecule has 1 rings (SSSR count). The highest BCUT2D eigenvalue weighted by Crippen LogP contribution is 2.39. The number of hydrogen-bond acceptors (Lipinski definition) is 1. The van der Waals surface area contributed by atoms with E-state index in [0.29, 0.717) is 11.5 Å². The number of allylic oxidation sites excluding steroid dienone is 1. The van der Waals surface area contributed by atoms with Gasteiger partial charge in [0, 0.05) is 12.6 Å². The van der Waals surface area contributed by atoms with Crippen molar-refractivity contribution in [3.8, 4) is 0 Å². The summed E-state index contributed by atoms with van der Waals surface area (Å²) in [6.45, 7) is 12.6. The van der Waals surface area contributed by atoms with Gasteiger partial charge >= 0.3 is 0 Å². The van der Waals surface area contributed by atoms with Gasteiger partial charge < -0.3 is 5.32 Å². The highest BCUT2D eigenvalue weighted by molar-refractivity contribution is 4.93. The van der Waals surface area contributed by atoms with Gasteiger partial charge in [0.1, 0.15) is 0 Å². The van der Waals surface area contributed by atoms with E-state index in [9.17, 15) is 0 Å². The molecule has 100 valence electrons. The zero-order chi connectivity index (χ0) is 12.9. The Morgan fingerprint density at radius 1 is 1.12 bits per heavy atom. The summed E-state index contributed by atoms with van der Waals surface area (Å²) in [4.78, 5) is 0. The minimum absolute atomic E-state index is 0.508. The molecule has 0 aliphatic heterocycles. The summed E-state index contributed by atoms with van der Waals surface area (Å²) < 4.78 is 0. The lowest BCUT2D eigenvalue weighted by Gasteiger charge is -2.36. The number of nitrogens with one attached hydrogen (secondary N) is 1. The van der Waals surface area contributed by atoms with Crippen molar-refractivity contribution >= 4 is 0 Å². The lowest BCUT2D eigenvalue weighted by atomic mass is 9.70. The van der Waals surface area contributed by atoms with Crippen LogP contribution in [-0.4, -0.2) is 12.6 Å². The molecule has 0 saturated heterocycles. The Morgan fingerprint density at radius 2 is 1.71 bits per heavy atom. The standard InChI is InChI=1S/C16H31N/c1-13(2)17-12-6-7-14-8-10-15(11-9-14)16(3,4)5/h6-7,13-15,17H,8-12H2,1-5H3/b7-6+. The van der Waals surface area contributed by atoms with Crippen molar-refractivity contribution in [2.75, 3.05) is 6.54 Å². The van der Waals surface area contributed by atoms with Gasteiger partial charge in [-0.1, -0.05) is 46.8 Å². The summed E-state index contributed by atoms with van der Waals surface area (Å²) in [5.74, 6) is 1.77. The molecule has 1 nitrogen and oxygen atoms in total. The molecular formula is C16H31N. The minimum Gasteiger partial charge on any atom is -0.311 e. The van der Waals surface area contributed by atoms with E-state index >= 15 is 0 Å². The third kappa shape index (κ3) is 5.72. The molecule has 1 heteroatoms. The van der Waals surface area contributed by atoms with Crippen molar-refractivity contribution in [1.82, 2.24) is 5.32 Å². The zero-order valence-electron chi connectivity index (χ0n) is 12.4. The smallest absolute Gasteiger partial charge is 0.0137 e. The van der Waals surface area contributed by atoms with Crippen LogP contribution in [0.3, 0.4) is 0 Å². The largest absolute Gasteiger partial charge is 0.311 e. The van der Waals surface area contributed by atoms with Gasteiger partial charge in [0.2, 0.25) is 0 Å². The first-order chi connectivity index (χ1) is 7.89. The summed E-state index contributed by atoms with van der Waals surface area (Å²) in [6, 6.07) is 0.594. The topological polar surface area (TPSA) is 12.0 Å². The van der Waals surface area contributed by atoms with Gasteiger partial charge in [-0.05, 0) is 42.9 Å². The van der Waals surface area contributed by atoms with Crippen LogP contribution in [0.25, 0.3) is 0 Å². The Labute approximate surface area is 108 Å². The minimum atomic E-state index is 0.508. The van der Waals surface area contributed by atoms with Crippen LogP contribution in [0.1, 0.15) is 60.3 Å². The molecule has 0 bridgehead atoms. The highest BCUT2D eigenvalue weighted by atomic mass is 14.9. The van der Waals surface area contributed by atoms with Crippen LogP contribution >= 0.6 is 0 Å². The van der Waals surface area contributed by atoms with Crippen LogP contribution in [0.4, 0.5) is 0 Å². The van der Waals surface area contributed by atoms with Gasteiger partial charge in [-0.2, -0.15) is 0 Å². The Morgan fingerprint density at radius 3 is 2.18 bits per heavy atom. The Balaban J connectivity index is 2.23. The molecule has 1 N–H and O–H groups in total. The van der Waals surface area contributed by atoms with E-state index in [0.717, 1.165) is 18.4 Å². The monoisotopic (exact) mass is 237 g/mol. The lowest BCUT2D eigenvalue weighted by Crippen LogP contribution is -2.25. The maximum absolute atomic E-state index is 3.43. The number of hydrogen-bond donors (Lipinski definition) is 1. The molecule has 0 unspecified atom stereocenters. The van der Waals surface area contributed by atoms with Crippen LogP contribution in [0.15, 0.2) is 12.2 Å². The average Bonchev–Trinajstić information content (AvgIpc) is 2.23. The number of rotatable bonds is 4. The first-order valence-corrected chi connectivity index (χ1v) is 7.29. The van der Waals surface area contributed by atoms with Crippen LogP contribution in [0.5, 0.6) is 0 Å². The van der Waals surface area contributed by atoms with Gasteiger partial charge in [0.25, 0.3) is 0 Å². The molecule has 0 aromatic rings. The van der Waals surface area contributed by atoms with Crippen molar-refractivity contribution in [2.24, 2.45) is 17.3 Å². The molecule has 1 saturated carbocycles. The molecule has 1 aliphatic carbocycles. The fourth-order valence-electron chi connectivity index (χ4n) is 2.74. The quantitative estimate of drug-likeness (QED) is 0.715. The molecule has 0 radical (unpaired) electrons. The molecule has 1 fully saturated rings. The van der Waals surface area contributed by atoms with Crippen LogP contribution in [0.2, 0.25) is 0 Å². The molecular weight excluding hydrogens is 206 g/mol. The molecule has 17 heavy (non-hydrogen) atoms. The molecule has 0 amide bonds. The first kappa shape index (κ1) is 14.8. The average molecular weight is 237 g/mol. The molecule has 0 aromatic carbocycles. The van der Waals surface area contributed by atoms with Crippen LogP contribution < -0.4 is 5.32 Å². The fraction of sp³-hybridized carbons (Fsp3) is 0.875. The second kappa shape index (κ2) is 6.58. The third-order valence-corrected chi connectivity index (χ3v) is 4.05. The lowest BCUT2D eigenvalue weighted by molar-refractivity contribution is 0.163. The van der Waals surface area contributed by atoms with Gasteiger partial charge in [0.05, 0.1) is 0 Å². The SMILES string of the molecule is CC(C)NC/C=C/C1CCC(C(C)(C)C)CC1. The van der Waals surface area contributed by atoms with E-state index in [4.69, 9.17) is 0 Å². The summed E-state index contributed by atoms with van der Waals surface area (Å²) in [6.07, 6.45) is 10.4. The molecule has 0 atom stereocenters. The second-order valence-corrected chi connectivity index (χ2v) is 6.97. The van der Waals surface area contributed by atoms with Crippen molar-refractivity contribution in [2.45, 2.75) is 66.3 Å². The highest BCUT2D eigenvalue weighted by Gasteiger charge is 2.28. The summed E-state index contributed by atoms with van der Waals surface area (Å²) >= 11 is 0. The summed E-state index contributed by atoms with van der Waals surface area (Å²) in [5.41, 5.74) is 0.508. The predicted molar refractivity (Wildman–Crippen MR) is 77.2 cm³/mol. The maximum atomic E-state index is 3.43. The molecule has 0 spiro atoms. The van der Waals surface area contributed by atoms with Crippen molar-refractivity contribution in [1.29, 1.82) is 0 Å². The van der Waals surface area contributed by atoms with E-state index in [1.54, 1.807) is 0 Å². The predicted octanol–water partition coefficient (Wildman–Crippen LogP) is 4.39. The summed E-state index contributed by atoms with van der Waals surface area (Å²) in [7, 11) is 0. The van der Waals surface area contributed by atoms with Gasteiger partial charge in [0.15, 0.2) is 0 Å². The second-order valence-electron chi connectivity index (χ2n) is 6.97. The van der Waals surface area contributed by atoms with E-state index in [-0.39, 0.29) is 0 Å². The van der Waals surface area contributed by atoms with Crippen molar-refractivity contribution in [3.05, 3.63) is 12.2 Å². The third-order valence-electron chi connectivity index (χ3n) is 4.05. The summed E-state index contributed by atoms with van der Waals surface area (Å²) in [5, 5.41) is 3.43. The van der Waals surface area contributed by atoms with Crippen molar-refractivity contribution < 1.29 is 0 Å². The molecule has 1 aliphatic rings. The first-order valence-electron chi connectivity index (χ1n) is 7.29. The van der Waals surface area contributed by atoms with Crippen LogP contribution in [0, 0.1) is 17.3 Å². The Bertz CT molecular complexity index is 226. The molecule has 0 aromatic heterocycles. The van der Waals surface area contributed by atoms with Crippen LogP contribution in [-0.2, 0) is 0 Å². The van der Waals surface area contributed by atoms with Crippen molar-refractivity contribution in [3.63, 3.8) is 0 Å². The Hall–Kier alpha value is -0.300. The Kier molecular flexibility index (Phi) is 5.72. The fourth-order valence-corrected chi connectivity index (χ4v) is 2.74. The van der Waals surface area contributed by atoms with E-state index < -0.39 is 0 Å². The maximum Gasteiger partial charge on any atom is 0.0137 e. The van der Waals surface area contributed by atoms with E-state index in [2.05, 4.69) is 52.1 Å². The normalized spacial score (nSPS) is 26.9. The van der Waals surface area contributed by atoms with E-state index in [1.165, 1.54) is 25.7 Å².